The minimum absolute atomic E-state index is 0.000235. The molecule has 42 heavy (non-hydrogen) atoms. The van der Waals surface area contributed by atoms with E-state index >= 15 is 0 Å². The molecule has 2 aliphatic heterocycles. The molecule has 12 heteroatoms. The van der Waals surface area contributed by atoms with Crippen molar-refractivity contribution >= 4 is 17.7 Å². The minimum Gasteiger partial charge on any atom is -0.508 e. The van der Waals surface area contributed by atoms with E-state index in [0.717, 1.165) is 12.1 Å². The molecule has 220 valence electrons. The molecule has 2 aliphatic rings. The molecule has 0 aromatic heterocycles. The van der Waals surface area contributed by atoms with E-state index in [1.54, 1.807) is 47.4 Å². The number of likely N-dealkylation sites (tertiary alicyclic amines) is 2. The van der Waals surface area contributed by atoms with E-state index in [0.29, 0.717) is 17.5 Å². The molecule has 2 fully saturated rings. The molecule has 5 rings (SSSR count). The molecule has 3 amide bonds. The zero-order valence-electron chi connectivity index (χ0n) is 22.2. The van der Waals surface area contributed by atoms with Gasteiger partial charge in [0.05, 0.1) is 18.2 Å². The van der Waals surface area contributed by atoms with E-state index in [-0.39, 0.29) is 36.7 Å². The smallest absolute Gasteiger partial charge is 0.508 e. The molecule has 3 N–H and O–H groups in total. The summed E-state index contributed by atoms with van der Waals surface area (Å²) in [5.41, 5.74) is 0.911. The molecule has 0 saturated carbocycles. The van der Waals surface area contributed by atoms with Crippen molar-refractivity contribution in [2.75, 3.05) is 13.1 Å². The Kier molecular flexibility index (Phi) is 8.08. The summed E-state index contributed by atoms with van der Waals surface area (Å²) in [6.45, 7) is 0.258. The number of ether oxygens (including phenoxy) is 1. The highest BCUT2D eigenvalue weighted by Crippen LogP contribution is 2.34. The van der Waals surface area contributed by atoms with Gasteiger partial charge in [-0.15, -0.1) is 13.2 Å². The van der Waals surface area contributed by atoms with Gasteiger partial charge in [0.25, 0.3) is 11.8 Å². The van der Waals surface area contributed by atoms with Crippen LogP contribution in [0.15, 0.2) is 78.9 Å². The van der Waals surface area contributed by atoms with Gasteiger partial charge in [0, 0.05) is 30.6 Å². The van der Waals surface area contributed by atoms with Gasteiger partial charge >= 0.3 is 6.36 Å². The standard InChI is InChI=1S/C30H28F3N3O6/c31-30(32,33)42-22-8-4-7-20(16-22)27(39)34-23(15-18-9-11-21(37)12-10-18)29(41)35-14-13-24-26(35)25(38)17-36(24)28(40)19-5-2-1-3-6-19/h1-12,16,23-26,37-38H,13-15,17H2,(H,34,39)/t23?,24-,25?,26+/m1/s1. The number of carbonyl (C=O) groups excluding carboxylic acids is 3. The van der Waals surface area contributed by atoms with Crippen LogP contribution in [0.5, 0.6) is 11.5 Å². The highest BCUT2D eigenvalue weighted by Gasteiger charge is 2.52. The number of aromatic hydroxyl groups is 1. The summed E-state index contributed by atoms with van der Waals surface area (Å²) in [5, 5.41) is 23.2. The van der Waals surface area contributed by atoms with Gasteiger partial charge in [-0.25, -0.2) is 0 Å². The van der Waals surface area contributed by atoms with Crippen molar-refractivity contribution in [1.29, 1.82) is 0 Å². The molecule has 2 unspecified atom stereocenters. The van der Waals surface area contributed by atoms with E-state index in [4.69, 9.17) is 0 Å². The number of nitrogens with one attached hydrogen (secondary N) is 1. The summed E-state index contributed by atoms with van der Waals surface area (Å²) in [7, 11) is 0. The van der Waals surface area contributed by atoms with E-state index in [1.165, 1.54) is 29.2 Å². The van der Waals surface area contributed by atoms with Crippen LogP contribution in [0.25, 0.3) is 0 Å². The normalized spacial score (nSPS) is 20.6. The second kappa shape index (κ2) is 11.7. The second-order valence-electron chi connectivity index (χ2n) is 10.2. The number of aliphatic hydroxyl groups excluding tert-OH is 1. The lowest BCUT2D eigenvalue weighted by Gasteiger charge is -2.30. The summed E-state index contributed by atoms with van der Waals surface area (Å²) in [6.07, 6.45) is -5.55. The van der Waals surface area contributed by atoms with Crippen LogP contribution in [-0.4, -0.2) is 81.4 Å². The van der Waals surface area contributed by atoms with Gasteiger partial charge in [-0.2, -0.15) is 0 Å². The number of phenolic OH excluding ortho intramolecular Hbond substituents is 1. The molecule has 0 aliphatic carbocycles. The molecule has 0 spiro atoms. The average Bonchev–Trinajstić information content (AvgIpc) is 3.54. The van der Waals surface area contributed by atoms with Gasteiger partial charge in [-0.3, -0.25) is 14.4 Å². The predicted octanol–water partition coefficient (Wildman–Crippen LogP) is 3.12. The minimum atomic E-state index is -4.95. The van der Waals surface area contributed by atoms with Crippen molar-refractivity contribution in [1.82, 2.24) is 15.1 Å². The molecule has 0 bridgehead atoms. The van der Waals surface area contributed by atoms with Crippen molar-refractivity contribution in [3.8, 4) is 11.5 Å². The summed E-state index contributed by atoms with van der Waals surface area (Å²) < 4.78 is 42.0. The van der Waals surface area contributed by atoms with Crippen LogP contribution in [0.4, 0.5) is 13.2 Å². The summed E-state index contributed by atoms with van der Waals surface area (Å²) >= 11 is 0. The number of hydrogen-bond acceptors (Lipinski definition) is 6. The first-order valence-electron chi connectivity index (χ1n) is 13.3. The zero-order valence-corrected chi connectivity index (χ0v) is 22.2. The van der Waals surface area contributed by atoms with Gasteiger partial charge in [0.1, 0.15) is 17.5 Å². The molecule has 2 saturated heterocycles. The first kappa shape index (κ1) is 28.9. The molecule has 3 aromatic carbocycles. The topological polar surface area (TPSA) is 119 Å². The van der Waals surface area contributed by atoms with E-state index in [2.05, 4.69) is 10.1 Å². The van der Waals surface area contributed by atoms with Crippen molar-refractivity contribution in [3.63, 3.8) is 0 Å². The van der Waals surface area contributed by atoms with E-state index < -0.39 is 48.2 Å². The Balaban J connectivity index is 1.37. The third kappa shape index (κ3) is 6.33. The van der Waals surface area contributed by atoms with E-state index in [9.17, 15) is 37.8 Å². The fourth-order valence-corrected chi connectivity index (χ4v) is 5.63. The SMILES string of the molecule is O=C(NC(Cc1ccc(O)cc1)C(=O)N1CC[C@@H]2[C@H]1C(O)CN2C(=O)c1ccccc1)c1cccc(OC(F)(F)F)c1. The number of alkyl halides is 3. The molecule has 3 aromatic rings. The zero-order chi connectivity index (χ0) is 30.0. The quantitative estimate of drug-likeness (QED) is 0.394. The Morgan fingerprint density at radius 1 is 0.952 bits per heavy atom. The van der Waals surface area contributed by atoms with Gasteiger partial charge < -0.3 is 30.1 Å². The number of aliphatic hydroxyl groups is 1. The first-order valence-corrected chi connectivity index (χ1v) is 13.3. The number of halogens is 3. The van der Waals surface area contributed by atoms with Crippen LogP contribution in [0, 0.1) is 0 Å². The van der Waals surface area contributed by atoms with Crippen LogP contribution in [0.3, 0.4) is 0 Å². The third-order valence-electron chi connectivity index (χ3n) is 7.47. The number of rotatable bonds is 7. The fourth-order valence-electron chi connectivity index (χ4n) is 5.63. The Bertz CT molecular complexity index is 1450. The van der Waals surface area contributed by atoms with Gasteiger partial charge in [0.15, 0.2) is 0 Å². The monoisotopic (exact) mass is 583 g/mol. The van der Waals surface area contributed by atoms with Crippen molar-refractivity contribution in [2.24, 2.45) is 0 Å². The van der Waals surface area contributed by atoms with Crippen molar-refractivity contribution in [3.05, 3.63) is 95.6 Å². The largest absolute Gasteiger partial charge is 0.573 e. The Morgan fingerprint density at radius 3 is 2.33 bits per heavy atom. The maximum absolute atomic E-state index is 13.9. The van der Waals surface area contributed by atoms with Crippen molar-refractivity contribution in [2.45, 2.75) is 43.4 Å². The Morgan fingerprint density at radius 2 is 1.64 bits per heavy atom. The lowest BCUT2D eigenvalue weighted by atomic mass is 10.0. The van der Waals surface area contributed by atoms with E-state index in [1.807, 2.05) is 0 Å². The first-order chi connectivity index (χ1) is 20.0. The highest BCUT2D eigenvalue weighted by molar-refractivity contribution is 5.98. The van der Waals surface area contributed by atoms with Crippen LogP contribution >= 0.6 is 0 Å². The molecule has 9 nitrogen and oxygen atoms in total. The van der Waals surface area contributed by atoms with Crippen LogP contribution in [0.1, 0.15) is 32.7 Å². The molecule has 0 radical (unpaired) electrons. The molecule has 2 heterocycles. The fraction of sp³-hybridized carbons (Fsp3) is 0.300. The summed E-state index contributed by atoms with van der Waals surface area (Å²) in [4.78, 5) is 43.3. The number of benzene rings is 3. The summed E-state index contributed by atoms with van der Waals surface area (Å²) in [5.74, 6) is -2.16. The number of carbonyl (C=O) groups is 3. The Labute approximate surface area is 239 Å². The highest BCUT2D eigenvalue weighted by atomic mass is 19.4. The maximum Gasteiger partial charge on any atom is 0.573 e. The number of amides is 3. The maximum atomic E-state index is 13.9. The number of fused-ring (bicyclic) bond motifs is 1. The van der Waals surface area contributed by atoms with Gasteiger partial charge in [-0.1, -0.05) is 36.4 Å². The molecular weight excluding hydrogens is 555 g/mol. The number of phenols is 1. The predicted molar refractivity (Wildman–Crippen MR) is 144 cm³/mol. The third-order valence-corrected chi connectivity index (χ3v) is 7.47. The number of hydrogen-bond donors (Lipinski definition) is 3. The van der Waals surface area contributed by atoms with Gasteiger partial charge in [-0.05, 0) is 54.4 Å². The lowest BCUT2D eigenvalue weighted by Crippen LogP contribution is -2.54. The second-order valence-corrected chi connectivity index (χ2v) is 10.2. The van der Waals surface area contributed by atoms with Crippen molar-refractivity contribution < 1.29 is 42.5 Å². The van der Waals surface area contributed by atoms with Gasteiger partial charge in [0.2, 0.25) is 5.91 Å². The Hall–Kier alpha value is -4.58. The summed E-state index contributed by atoms with van der Waals surface area (Å²) in [6, 6.07) is 16.8. The number of β-amino-alcohol motifs (C(OH)–C–C–N with tert-alkyl or cyclic N) is 1. The van der Waals surface area contributed by atoms with Crippen LogP contribution in [-0.2, 0) is 11.2 Å². The average molecular weight is 584 g/mol. The van der Waals surface area contributed by atoms with Crippen LogP contribution < -0.4 is 10.1 Å². The molecule has 4 atom stereocenters. The number of nitrogens with zero attached hydrogens (tertiary/aromatic N) is 2. The van der Waals surface area contributed by atoms with Crippen LogP contribution in [0.2, 0.25) is 0 Å². The lowest BCUT2D eigenvalue weighted by molar-refractivity contribution is -0.274. The molecular formula is C30H28F3N3O6.